The molecule has 0 heterocycles. The number of azo groups is 1. The zero-order valence-corrected chi connectivity index (χ0v) is 10.2. The quantitative estimate of drug-likeness (QED) is 0.0813. The van der Waals surface area contributed by atoms with Crippen molar-refractivity contribution in [2.24, 2.45) is 5.11 Å². The molecular weight excluding hydrogens is 183 g/mol. The number of nitrogens with zero attached hydrogens (tertiary/aromatic N) is 3. The number of rotatable bonds is 0. The van der Waals surface area contributed by atoms with Crippen molar-refractivity contribution in [1.82, 2.24) is 0 Å². The zero-order valence-electron chi connectivity index (χ0n) is 8.16. The molecular formula is C6H10N4NaO2+. The second-order valence-electron chi connectivity index (χ2n) is 3.11. The van der Waals surface area contributed by atoms with Crippen LogP contribution in [0.2, 0.25) is 0 Å². The number of hydrogen-bond donors (Lipinski definition) is 1. The molecule has 0 aliphatic rings. The van der Waals surface area contributed by atoms with Crippen LogP contribution in [0, 0.1) is 21.7 Å². The van der Waals surface area contributed by atoms with E-state index in [0.717, 1.165) is 0 Å². The minimum absolute atomic E-state index is 0. The van der Waals surface area contributed by atoms with Gasteiger partial charge in [0.1, 0.15) is 5.54 Å². The van der Waals surface area contributed by atoms with Crippen molar-refractivity contribution >= 4 is 5.84 Å². The van der Waals surface area contributed by atoms with E-state index < -0.39 is 11.4 Å². The number of nitriles is 1. The first-order valence-corrected chi connectivity index (χ1v) is 3.26. The number of hydroxylamine groups is 1. The van der Waals surface area contributed by atoms with Gasteiger partial charge in [-0.3, -0.25) is 0 Å². The molecule has 66 valence electrons. The summed E-state index contributed by atoms with van der Waals surface area (Å²) >= 11 is 0. The summed E-state index contributed by atoms with van der Waals surface area (Å²) in [6.07, 6.45) is 0. The third-order valence-corrected chi connectivity index (χ3v) is 0.785. The molecule has 0 aromatic carbocycles. The maximum absolute atomic E-state index is 10.8. The molecule has 0 saturated heterocycles. The van der Waals surface area contributed by atoms with E-state index in [1.165, 1.54) is 11.2 Å². The zero-order chi connectivity index (χ0) is 9.78. The topological polar surface area (TPSA) is 99.2 Å². The van der Waals surface area contributed by atoms with Gasteiger partial charge in [-0.15, -0.1) is 5.16 Å². The average molecular weight is 193 g/mol. The summed E-state index contributed by atoms with van der Waals surface area (Å²) in [5.74, 6) is -0.662. The first kappa shape index (κ1) is 14.9. The van der Waals surface area contributed by atoms with Gasteiger partial charge in [0.2, 0.25) is 0 Å². The molecule has 0 aromatic rings. The van der Waals surface area contributed by atoms with Crippen molar-refractivity contribution in [3.63, 3.8) is 0 Å². The summed E-state index contributed by atoms with van der Waals surface area (Å²) in [6.45, 7) is 5.03. The molecule has 0 radical (unpaired) electrons. The molecule has 0 aliphatic heterocycles. The molecule has 0 amide bonds. The van der Waals surface area contributed by atoms with E-state index in [4.69, 9.17) is 5.26 Å². The van der Waals surface area contributed by atoms with Gasteiger partial charge in [-0.05, 0) is 25.9 Å². The van der Waals surface area contributed by atoms with E-state index in [2.05, 4.69) is 5.11 Å². The molecule has 0 aromatic heterocycles. The summed E-state index contributed by atoms with van der Waals surface area (Å²) in [6, 6.07) is 1.39. The Bertz CT molecular complexity index is 261. The minimum Gasteiger partial charge on any atom is -0.620 e. The molecule has 13 heavy (non-hydrogen) atoms. The Balaban J connectivity index is 0. The van der Waals surface area contributed by atoms with Crippen LogP contribution in [0.25, 0.3) is 0 Å². The molecule has 0 saturated carbocycles. The summed E-state index contributed by atoms with van der Waals surface area (Å²) < 4.78 is 0. The Kier molecular flexibility index (Phi) is 6.76. The maximum atomic E-state index is 10.8. The molecule has 0 aliphatic carbocycles. The fraction of sp³-hybridized carbons (Fsp3) is 0.667. The summed E-state index contributed by atoms with van der Waals surface area (Å²) in [5, 5.41) is 33.8. The van der Waals surface area contributed by atoms with Gasteiger partial charge in [0.15, 0.2) is 0 Å². The summed E-state index contributed by atoms with van der Waals surface area (Å²) in [7, 11) is 0. The van der Waals surface area contributed by atoms with Crippen molar-refractivity contribution < 1.29 is 39.6 Å². The minimum atomic E-state index is -0.662. The Labute approximate surface area is 98.4 Å². The molecule has 0 fully saturated rings. The predicted octanol–water partition coefficient (Wildman–Crippen LogP) is -3.75. The Morgan fingerprint density at radius 1 is 1.54 bits per heavy atom. The van der Waals surface area contributed by atoms with Crippen LogP contribution in [0.1, 0.15) is 20.8 Å². The molecule has 0 atom stereocenters. The number of nitrogens with one attached hydrogen (secondary N) is 1. The monoisotopic (exact) mass is 193 g/mol. The maximum Gasteiger partial charge on any atom is 1.00 e. The van der Waals surface area contributed by atoms with Gasteiger partial charge in [-0.2, -0.15) is 5.26 Å². The van der Waals surface area contributed by atoms with Crippen LogP contribution in [0.15, 0.2) is 5.11 Å². The van der Waals surface area contributed by atoms with Crippen molar-refractivity contribution in [3.05, 3.63) is 10.4 Å². The second kappa shape index (κ2) is 5.91. The molecule has 0 spiro atoms. The molecule has 7 heteroatoms. The Morgan fingerprint density at radius 2 is 2.00 bits per heavy atom. The van der Waals surface area contributed by atoms with E-state index >= 15 is 0 Å². The van der Waals surface area contributed by atoms with E-state index in [1.54, 1.807) is 20.8 Å². The third-order valence-electron chi connectivity index (χ3n) is 0.785. The van der Waals surface area contributed by atoms with Gasteiger partial charge in [-0.25, -0.2) is 0 Å². The summed E-state index contributed by atoms with van der Waals surface area (Å²) in [5.41, 5.74) is -0.610. The van der Waals surface area contributed by atoms with Crippen LogP contribution in [-0.2, 0) is 0 Å². The first-order chi connectivity index (χ1) is 5.40. The number of amidine groups is 1. The van der Waals surface area contributed by atoms with E-state index in [9.17, 15) is 10.4 Å². The fourth-order valence-corrected chi connectivity index (χ4v) is 0.427. The van der Waals surface area contributed by atoms with Gasteiger partial charge in [-0.1, -0.05) is 0 Å². The van der Waals surface area contributed by atoms with Crippen LogP contribution in [0.3, 0.4) is 0 Å². The fourth-order valence-electron chi connectivity index (χ4n) is 0.427. The van der Waals surface area contributed by atoms with Crippen LogP contribution in [0.5, 0.6) is 0 Å². The van der Waals surface area contributed by atoms with Crippen molar-refractivity contribution in [3.8, 4) is 6.07 Å². The van der Waals surface area contributed by atoms with Crippen molar-refractivity contribution in [2.75, 3.05) is 0 Å². The summed E-state index contributed by atoms with van der Waals surface area (Å²) in [4.78, 5) is -0.00694. The molecule has 0 bridgehead atoms. The van der Waals surface area contributed by atoms with Gasteiger partial charge in [0.05, 0.1) is 0 Å². The van der Waals surface area contributed by atoms with E-state index in [0.29, 0.717) is 0 Å². The largest absolute Gasteiger partial charge is 1.00 e. The van der Waals surface area contributed by atoms with Gasteiger partial charge in [0.25, 0.3) is 6.07 Å². The van der Waals surface area contributed by atoms with Gasteiger partial charge >= 0.3 is 35.4 Å². The second-order valence-corrected chi connectivity index (χ2v) is 3.11. The van der Waals surface area contributed by atoms with Crippen molar-refractivity contribution in [1.29, 1.82) is 5.26 Å². The predicted molar refractivity (Wildman–Crippen MR) is 40.8 cm³/mol. The van der Waals surface area contributed by atoms with Crippen molar-refractivity contribution in [2.45, 2.75) is 26.3 Å². The molecule has 0 unspecified atom stereocenters. The van der Waals surface area contributed by atoms with Crippen LogP contribution < -0.4 is 34.7 Å². The van der Waals surface area contributed by atoms with Crippen LogP contribution in [-0.4, -0.2) is 16.2 Å². The standard InChI is InChI=1S/C6H10N4O2.Na/c1-6(2,3)9-10(12)5(4-7)8-11;/h8H,1-3H3;/q;+1/b8-5-,10-9?;. The van der Waals surface area contributed by atoms with Crippen LogP contribution >= 0.6 is 0 Å². The molecule has 0 rings (SSSR count). The van der Waals surface area contributed by atoms with Gasteiger partial charge in [0, 0.05) is 4.86 Å². The third kappa shape index (κ3) is 6.51. The SMILES string of the molecule is CC(C)(C)N=[N+]([O-])/C(C#N)=[NH+]\[O-].[Na+]. The molecule has 1 N–H and O–H groups in total. The van der Waals surface area contributed by atoms with Gasteiger partial charge < -0.3 is 10.4 Å². The Morgan fingerprint density at radius 3 is 2.23 bits per heavy atom. The van der Waals surface area contributed by atoms with E-state index in [1.807, 2.05) is 0 Å². The smallest absolute Gasteiger partial charge is 0.620 e. The normalized spacial score (nSPS) is 13.1. The average Bonchev–Trinajstić information content (AvgIpc) is 1.85. The molecule has 6 nitrogen and oxygen atoms in total. The Hall–Kier alpha value is -0.640. The first-order valence-electron chi connectivity index (χ1n) is 3.26. The van der Waals surface area contributed by atoms with Crippen LogP contribution in [0.4, 0.5) is 0 Å². The van der Waals surface area contributed by atoms with E-state index in [-0.39, 0.29) is 34.4 Å². The number of hydrogen-bond acceptors (Lipinski definition) is 4.